The van der Waals surface area contributed by atoms with Gasteiger partial charge >= 0.3 is 0 Å². The molecule has 238 valence electrons. The Labute approximate surface area is 295 Å². The molecule has 0 N–H and O–H groups in total. The Balaban J connectivity index is 1.15. The van der Waals surface area contributed by atoms with Gasteiger partial charge in [0.25, 0.3) is 0 Å². The van der Waals surface area contributed by atoms with E-state index in [-0.39, 0.29) is 0 Å². The number of furan rings is 1. The third-order valence-electron chi connectivity index (χ3n) is 9.89. The fourth-order valence-corrected chi connectivity index (χ4v) is 7.44. The summed E-state index contributed by atoms with van der Waals surface area (Å²) in [7, 11) is 0. The van der Waals surface area contributed by atoms with Gasteiger partial charge in [-0.2, -0.15) is 0 Å². The Morgan fingerprint density at radius 1 is 0.353 bits per heavy atom. The van der Waals surface area contributed by atoms with E-state index in [1.807, 2.05) is 30.3 Å². The number of aromatic nitrogens is 2. The summed E-state index contributed by atoms with van der Waals surface area (Å²) in [6.07, 6.45) is 0. The molecule has 0 aliphatic rings. The lowest BCUT2D eigenvalue weighted by atomic mass is 9.89. The Morgan fingerprint density at radius 3 is 1.82 bits per heavy atom. The highest BCUT2D eigenvalue weighted by molar-refractivity contribution is 6.20. The first-order valence-corrected chi connectivity index (χ1v) is 17.2. The number of hydrogen-bond donors (Lipinski definition) is 0. The average Bonchev–Trinajstić information content (AvgIpc) is 3.65. The summed E-state index contributed by atoms with van der Waals surface area (Å²) < 4.78 is 6.35. The topological polar surface area (TPSA) is 38.9 Å². The molecule has 0 atom stereocenters. The third kappa shape index (κ3) is 5.06. The molecule has 0 saturated carbocycles. The van der Waals surface area contributed by atoms with Crippen LogP contribution in [-0.4, -0.2) is 9.97 Å². The van der Waals surface area contributed by atoms with E-state index in [1.165, 1.54) is 37.9 Å². The number of para-hydroxylation sites is 1. The van der Waals surface area contributed by atoms with Crippen LogP contribution in [0.2, 0.25) is 0 Å². The molecule has 0 saturated heterocycles. The summed E-state index contributed by atoms with van der Waals surface area (Å²) in [4.78, 5) is 10.4. The molecule has 0 aliphatic heterocycles. The van der Waals surface area contributed by atoms with Gasteiger partial charge in [0.2, 0.25) is 0 Å². The quantitative estimate of drug-likeness (QED) is 0.137. The molecule has 0 bridgehead atoms. The molecule has 10 aromatic rings. The van der Waals surface area contributed by atoms with Gasteiger partial charge in [-0.15, -0.1) is 0 Å². The summed E-state index contributed by atoms with van der Waals surface area (Å²) in [5.41, 5.74) is 9.02. The molecule has 3 heteroatoms. The van der Waals surface area contributed by atoms with E-state index in [0.717, 1.165) is 50.2 Å². The van der Waals surface area contributed by atoms with Gasteiger partial charge in [0.15, 0.2) is 11.6 Å². The van der Waals surface area contributed by atoms with Gasteiger partial charge in [0.1, 0.15) is 11.3 Å². The van der Waals surface area contributed by atoms with E-state index in [1.54, 1.807) is 0 Å². The van der Waals surface area contributed by atoms with Crippen molar-refractivity contribution in [1.82, 2.24) is 9.97 Å². The Hall–Kier alpha value is -6.84. The molecule has 0 unspecified atom stereocenters. The first-order valence-electron chi connectivity index (χ1n) is 17.2. The summed E-state index contributed by atoms with van der Waals surface area (Å²) in [6.45, 7) is 0. The predicted octanol–water partition coefficient (Wildman–Crippen LogP) is 13.0. The zero-order chi connectivity index (χ0) is 33.7. The van der Waals surface area contributed by atoms with Crippen LogP contribution in [0.4, 0.5) is 0 Å². The van der Waals surface area contributed by atoms with Crippen LogP contribution in [0.3, 0.4) is 0 Å². The maximum Gasteiger partial charge on any atom is 0.160 e. The molecule has 0 aliphatic carbocycles. The first-order chi connectivity index (χ1) is 25.3. The summed E-state index contributed by atoms with van der Waals surface area (Å²) >= 11 is 0. The van der Waals surface area contributed by atoms with Crippen molar-refractivity contribution in [2.75, 3.05) is 0 Å². The number of benzene rings is 8. The third-order valence-corrected chi connectivity index (χ3v) is 9.89. The Bertz CT molecular complexity index is 2870. The number of nitrogens with zero attached hydrogens (tertiary/aromatic N) is 2. The van der Waals surface area contributed by atoms with Crippen molar-refractivity contribution >= 4 is 43.3 Å². The van der Waals surface area contributed by atoms with Gasteiger partial charge in [-0.25, -0.2) is 9.97 Å². The molecule has 0 fully saturated rings. The van der Waals surface area contributed by atoms with E-state index in [0.29, 0.717) is 11.6 Å². The molecule has 3 nitrogen and oxygen atoms in total. The van der Waals surface area contributed by atoms with E-state index >= 15 is 0 Å². The van der Waals surface area contributed by atoms with Gasteiger partial charge in [0, 0.05) is 16.5 Å². The number of fused-ring (bicyclic) bond motifs is 5. The maximum atomic E-state index is 6.35. The number of rotatable bonds is 5. The van der Waals surface area contributed by atoms with Gasteiger partial charge in [0.05, 0.1) is 5.69 Å². The smallest absolute Gasteiger partial charge is 0.160 e. The monoisotopic (exact) mass is 650 g/mol. The summed E-state index contributed by atoms with van der Waals surface area (Å²) in [6, 6.07) is 63.9. The highest BCUT2D eigenvalue weighted by Gasteiger charge is 2.17. The normalized spacial score (nSPS) is 11.5. The molecule has 0 radical (unpaired) electrons. The van der Waals surface area contributed by atoms with Crippen molar-refractivity contribution in [2.45, 2.75) is 0 Å². The standard InChI is InChI=1S/C48H30N2O/c1-2-12-31(13-3-1)37-17-9-10-20-40(37)43-30-44(46-29-36-16-6-11-21-45(36)51-46)50-48(49-43)34-24-22-33(23-25-34)47-39-19-8-5-15-35(39)28-42-38-18-7-4-14-32(38)26-27-41(42)47/h1-30H. The molecule has 0 amide bonds. The number of hydrogen-bond acceptors (Lipinski definition) is 3. The molecular weight excluding hydrogens is 621 g/mol. The van der Waals surface area contributed by atoms with Crippen molar-refractivity contribution in [2.24, 2.45) is 0 Å². The van der Waals surface area contributed by atoms with E-state index < -0.39 is 0 Å². The van der Waals surface area contributed by atoms with E-state index in [4.69, 9.17) is 14.4 Å². The molecular formula is C48H30N2O. The van der Waals surface area contributed by atoms with Crippen LogP contribution >= 0.6 is 0 Å². The summed E-state index contributed by atoms with van der Waals surface area (Å²) in [5, 5.41) is 8.50. The van der Waals surface area contributed by atoms with E-state index in [9.17, 15) is 0 Å². The minimum absolute atomic E-state index is 0.645. The van der Waals surface area contributed by atoms with E-state index in [2.05, 4.69) is 152 Å². The molecule has 0 spiro atoms. The van der Waals surface area contributed by atoms with Crippen LogP contribution in [0, 0.1) is 0 Å². The van der Waals surface area contributed by atoms with Crippen LogP contribution < -0.4 is 0 Å². The van der Waals surface area contributed by atoms with Crippen LogP contribution in [-0.2, 0) is 0 Å². The molecule has 2 heterocycles. The maximum absolute atomic E-state index is 6.35. The molecule has 2 aromatic heterocycles. The van der Waals surface area contributed by atoms with Crippen molar-refractivity contribution in [3.8, 4) is 56.4 Å². The second-order valence-corrected chi connectivity index (χ2v) is 13.0. The highest BCUT2D eigenvalue weighted by Crippen LogP contribution is 2.40. The largest absolute Gasteiger partial charge is 0.454 e. The lowest BCUT2D eigenvalue weighted by Crippen LogP contribution is -1.97. The van der Waals surface area contributed by atoms with Gasteiger partial charge in [-0.05, 0) is 78.8 Å². The van der Waals surface area contributed by atoms with Gasteiger partial charge in [-0.3, -0.25) is 0 Å². The average molecular weight is 651 g/mol. The second-order valence-electron chi connectivity index (χ2n) is 13.0. The molecule has 8 aromatic carbocycles. The zero-order valence-corrected chi connectivity index (χ0v) is 27.6. The van der Waals surface area contributed by atoms with Crippen molar-refractivity contribution in [3.05, 3.63) is 182 Å². The minimum Gasteiger partial charge on any atom is -0.454 e. The van der Waals surface area contributed by atoms with Crippen molar-refractivity contribution in [1.29, 1.82) is 0 Å². The summed E-state index contributed by atoms with van der Waals surface area (Å²) in [5.74, 6) is 1.36. The SMILES string of the molecule is c1ccc(-c2ccccc2-c2cc(-c3cc4ccccc4o3)nc(-c3ccc(-c4c5ccccc5cc5c4ccc4ccccc45)cc3)n2)cc1. The lowest BCUT2D eigenvalue weighted by molar-refractivity contribution is 0.628. The highest BCUT2D eigenvalue weighted by atomic mass is 16.3. The minimum atomic E-state index is 0.645. The van der Waals surface area contributed by atoms with Crippen LogP contribution in [0.1, 0.15) is 0 Å². The van der Waals surface area contributed by atoms with Crippen LogP contribution in [0.15, 0.2) is 186 Å². The van der Waals surface area contributed by atoms with Crippen molar-refractivity contribution < 1.29 is 4.42 Å². The first kappa shape index (κ1) is 29.1. The fourth-order valence-electron chi connectivity index (χ4n) is 7.44. The lowest BCUT2D eigenvalue weighted by Gasteiger charge is -2.15. The Morgan fingerprint density at radius 2 is 1.00 bits per heavy atom. The van der Waals surface area contributed by atoms with Gasteiger partial charge < -0.3 is 4.42 Å². The molecule has 51 heavy (non-hydrogen) atoms. The van der Waals surface area contributed by atoms with Crippen molar-refractivity contribution in [3.63, 3.8) is 0 Å². The Kier molecular flexibility index (Phi) is 6.81. The zero-order valence-electron chi connectivity index (χ0n) is 27.6. The predicted molar refractivity (Wildman–Crippen MR) is 212 cm³/mol. The fraction of sp³-hybridized carbons (Fsp3) is 0. The van der Waals surface area contributed by atoms with Gasteiger partial charge in [-0.1, -0.05) is 158 Å². The van der Waals surface area contributed by atoms with Crippen LogP contribution in [0.5, 0.6) is 0 Å². The molecule has 10 rings (SSSR count). The second kappa shape index (κ2) is 11.9. The van der Waals surface area contributed by atoms with Crippen LogP contribution in [0.25, 0.3) is 99.6 Å².